The van der Waals surface area contributed by atoms with Crippen LogP contribution in [-0.4, -0.2) is 29.7 Å². The van der Waals surface area contributed by atoms with Crippen molar-refractivity contribution in [3.8, 4) is 0 Å². The first-order valence-corrected chi connectivity index (χ1v) is 7.00. The minimum Gasteiger partial charge on any atom is -0.480 e. The molecule has 1 N–H and O–H groups in total. The number of rotatable bonds is 5. The van der Waals surface area contributed by atoms with Crippen LogP contribution in [0.3, 0.4) is 0 Å². The van der Waals surface area contributed by atoms with Crippen molar-refractivity contribution < 1.29 is 18.3 Å². The van der Waals surface area contributed by atoms with Gasteiger partial charge in [-0.3, -0.25) is 9.78 Å². The summed E-state index contributed by atoms with van der Waals surface area (Å²) in [5, 5.41) is 7.65. The predicted octanol–water partition coefficient (Wildman–Crippen LogP) is 1.51. The molecule has 94 valence electrons. The molecule has 1 atom stereocenters. The van der Waals surface area contributed by atoms with Gasteiger partial charge in [0.05, 0.1) is 10.8 Å². The largest absolute Gasteiger partial charge is 0.480 e. The van der Waals surface area contributed by atoms with Gasteiger partial charge >= 0.3 is 5.97 Å². The lowest BCUT2D eigenvalue weighted by atomic mass is 10.3. The summed E-state index contributed by atoms with van der Waals surface area (Å²) in [7, 11) is -3.76. The highest BCUT2D eigenvalue weighted by Gasteiger charge is 2.31. The first-order chi connectivity index (χ1) is 7.88. The molecule has 1 rings (SSSR count). The monoisotopic (exact) mass is 277 g/mol. The summed E-state index contributed by atoms with van der Waals surface area (Å²) in [6.45, 7) is 1.52. The summed E-state index contributed by atoms with van der Waals surface area (Å²) < 4.78 is 23.7. The van der Waals surface area contributed by atoms with Crippen LogP contribution in [0.4, 0.5) is 0 Å². The molecule has 0 saturated carbocycles. The van der Waals surface area contributed by atoms with Crippen LogP contribution in [0.1, 0.15) is 18.9 Å². The van der Waals surface area contributed by atoms with Crippen LogP contribution < -0.4 is 0 Å². The highest BCUT2D eigenvalue weighted by Crippen LogP contribution is 2.20. The third-order valence-corrected chi connectivity index (χ3v) is 4.75. The number of carboxylic acids is 1. The van der Waals surface area contributed by atoms with Crippen molar-refractivity contribution >= 4 is 27.4 Å². The fourth-order valence-corrected chi connectivity index (χ4v) is 3.39. The number of aromatic nitrogens is 1. The Hall–Kier alpha value is -1.14. The first kappa shape index (κ1) is 13.9. The van der Waals surface area contributed by atoms with Gasteiger partial charge in [0.15, 0.2) is 15.1 Å². The number of sulfone groups is 1. The molecule has 0 fully saturated rings. The molecule has 0 amide bonds. The Kier molecular flexibility index (Phi) is 4.47. The lowest BCUT2D eigenvalue weighted by Crippen LogP contribution is -2.30. The van der Waals surface area contributed by atoms with E-state index in [-0.39, 0.29) is 17.2 Å². The zero-order chi connectivity index (χ0) is 13.1. The minimum atomic E-state index is -3.76. The SMILES string of the molecule is CCC(C(=O)O)S(=O)(=O)Cc1ccncc1Cl. The summed E-state index contributed by atoms with van der Waals surface area (Å²) >= 11 is 5.78. The maximum absolute atomic E-state index is 11.9. The lowest BCUT2D eigenvalue weighted by Gasteiger charge is -2.11. The molecular formula is C10H12ClNO4S. The number of pyridine rings is 1. The van der Waals surface area contributed by atoms with E-state index in [0.29, 0.717) is 5.56 Å². The van der Waals surface area contributed by atoms with Crippen LogP contribution in [0.2, 0.25) is 5.02 Å². The van der Waals surface area contributed by atoms with Crippen molar-refractivity contribution in [2.45, 2.75) is 24.3 Å². The number of aliphatic carboxylic acids is 1. The van der Waals surface area contributed by atoms with E-state index in [1.54, 1.807) is 0 Å². The third kappa shape index (κ3) is 3.41. The van der Waals surface area contributed by atoms with Crippen LogP contribution in [0.5, 0.6) is 0 Å². The van der Waals surface area contributed by atoms with E-state index >= 15 is 0 Å². The summed E-state index contributed by atoms with van der Waals surface area (Å²) in [4.78, 5) is 14.6. The van der Waals surface area contributed by atoms with E-state index in [2.05, 4.69) is 4.98 Å². The van der Waals surface area contributed by atoms with Crippen LogP contribution >= 0.6 is 11.6 Å². The van der Waals surface area contributed by atoms with E-state index in [0.717, 1.165) is 0 Å². The van der Waals surface area contributed by atoms with Gasteiger partial charge in [-0.25, -0.2) is 8.42 Å². The smallest absolute Gasteiger partial charge is 0.321 e. The molecule has 0 saturated heterocycles. The molecule has 17 heavy (non-hydrogen) atoms. The standard InChI is InChI=1S/C10H12ClNO4S/c1-2-9(10(13)14)17(15,16)6-7-3-4-12-5-8(7)11/h3-5,9H,2,6H2,1H3,(H,13,14). The van der Waals surface area contributed by atoms with E-state index < -0.39 is 21.1 Å². The van der Waals surface area contributed by atoms with E-state index in [4.69, 9.17) is 16.7 Å². The van der Waals surface area contributed by atoms with Gasteiger partial charge < -0.3 is 5.11 Å². The highest BCUT2D eigenvalue weighted by molar-refractivity contribution is 7.92. The lowest BCUT2D eigenvalue weighted by molar-refractivity contribution is -0.136. The number of hydrogen-bond acceptors (Lipinski definition) is 4. The van der Waals surface area contributed by atoms with Crippen LogP contribution in [0, 0.1) is 0 Å². The topological polar surface area (TPSA) is 84.3 Å². The zero-order valence-electron chi connectivity index (χ0n) is 9.13. The van der Waals surface area contributed by atoms with Crippen molar-refractivity contribution in [2.75, 3.05) is 0 Å². The number of carbonyl (C=O) groups is 1. The molecule has 0 aliphatic rings. The molecule has 7 heteroatoms. The Morgan fingerprint density at radius 2 is 2.24 bits per heavy atom. The first-order valence-electron chi connectivity index (χ1n) is 4.91. The van der Waals surface area contributed by atoms with Crippen molar-refractivity contribution in [3.63, 3.8) is 0 Å². The van der Waals surface area contributed by atoms with Crippen molar-refractivity contribution in [2.24, 2.45) is 0 Å². The Labute approximate surface area is 104 Å². The molecule has 1 unspecified atom stereocenters. The van der Waals surface area contributed by atoms with Gasteiger partial charge in [0, 0.05) is 12.4 Å². The second-order valence-electron chi connectivity index (χ2n) is 3.51. The molecule has 0 aromatic carbocycles. The van der Waals surface area contributed by atoms with Crippen LogP contribution in [0.25, 0.3) is 0 Å². The van der Waals surface area contributed by atoms with E-state index in [9.17, 15) is 13.2 Å². The Morgan fingerprint density at radius 1 is 1.59 bits per heavy atom. The molecule has 0 bridgehead atoms. The molecular weight excluding hydrogens is 266 g/mol. The Morgan fingerprint density at radius 3 is 2.71 bits per heavy atom. The minimum absolute atomic E-state index is 0.0281. The summed E-state index contributed by atoms with van der Waals surface area (Å²) in [6.07, 6.45) is 2.77. The van der Waals surface area contributed by atoms with Gasteiger partial charge in [-0.2, -0.15) is 0 Å². The molecule has 1 heterocycles. The zero-order valence-corrected chi connectivity index (χ0v) is 10.7. The van der Waals surface area contributed by atoms with Gasteiger partial charge in [-0.1, -0.05) is 18.5 Å². The van der Waals surface area contributed by atoms with Crippen molar-refractivity contribution in [1.29, 1.82) is 0 Å². The predicted molar refractivity (Wildman–Crippen MR) is 63.6 cm³/mol. The average molecular weight is 278 g/mol. The average Bonchev–Trinajstić information content (AvgIpc) is 2.21. The van der Waals surface area contributed by atoms with E-state index in [1.807, 2.05) is 0 Å². The number of nitrogens with zero attached hydrogens (tertiary/aromatic N) is 1. The highest BCUT2D eigenvalue weighted by atomic mass is 35.5. The fraction of sp³-hybridized carbons (Fsp3) is 0.400. The van der Waals surface area contributed by atoms with Crippen LogP contribution in [0.15, 0.2) is 18.5 Å². The summed E-state index contributed by atoms with van der Waals surface area (Å²) in [5.41, 5.74) is 0.362. The maximum atomic E-state index is 11.9. The molecule has 0 spiro atoms. The number of hydrogen-bond donors (Lipinski definition) is 1. The third-order valence-electron chi connectivity index (χ3n) is 2.29. The van der Waals surface area contributed by atoms with Gasteiger partial charge in [0.1, 0.15) is 0 Å². The second-order valence-corrected chi connectivity index (χ2v) is 6.10. The maximum Gasteiger partial charge on any atom is 0.321 e. The normalized spacial score (nSPS) is 13.3. The van der Waals surface area contributed by atoms with Crippen molar-refractivity contribution in [3.05, 3.63) is 29.0 Å². The Bertz CT molecular complexity index is 515. The van der Waals surface area contributed by atoms with E-state index in [1.165, 1.54) is 25.4 Å². The quantitative estimate of drug-likeness (QED) is 0.882. The molecule has 1 aromatic rings. The van der Waals surface area contributed by atoms with Crippen molar-refractivity contribution in [1.82, 2.24) is 4.98 Å². The summed E-state index contributed by atoms with van der Waals surface area (Å²) in [5.74, 6) is -1.73. The molecule has 0 aliphatic carbocycles. The second kappa shape index (κ2) is 5.46. The molecule has 1 aromatic heterocycles. The summed E-state index contributed by atoms with van der Waals surface area (Å²) in [6, 6.07) is 1.47. The van der Waals surface area contributed by atoms with Gasteiger partial charge in [-0.15, -0.1) is 0 Å². The van der Waals surface area contributed by atoms with Gasteiger partial charge in [-0.05, 0) is 18.1 Å². The molecule has 5 nitrogen and oxygen atoms in total. The van der Waals surface area contributed by atoms with Gasteiger partial charge in [0.25, 0.3) is 0 Å². The molecule has 0 radical (unpaired) electrons. The fourth-order valence-electron chi connectivity index (χ4n) is 1.42. The van der Waals surface area contributed by atoms with Crippen LogP contribution in [-0.2, 0) is 20.4 Å². The Balaban J connectivity index is 3.02. The number of carboxylic acid groups (broad SMARTS) is 1. The molecule has 0 aliphatic heterocycles. The number of halogens is 1. The van der Waals surface area contributed by atoms with Gasteiger partial charge in [0.2, 0.25) is 0 Å².